The molecule has 1 atom stereocenters. The lowest BCUT2D eigenvalue weighted by atomic mass is 10.3. The van der Waals surface area contributed by atoms with Crippen LogP contribution in [-0.2, 0) is 14.3 Å². The summed E-state index contributed by atoms with van der Waals surface area (Å²) in [5, 5.41) is 13.1. The molecule has 0 radical (unpaired) electrons. The van der Waals surface area contributed by atoms with Crippen molar-refractivity contribution in [2.45, 2.75) is 13.0 Å². The Bertz CT molecular complexity index is 563. The van der Waals surface area contributed by atoms with Gasteiger partial charge in [0.2, 0.25) is 5.91 Å². The van der Waals surface area contributed by atoms with Crippen LogP contribution in [0.1, 0.15) is 6.92 Å². The van der Waals surface area contributed by atoms with Gasteiger partial charge in [-0.3, -0.25) is 14.9 Å². The third kappa shape index (κ3) is 5.03. The Balaban J connectivity index is 2.84. The lowest BCUT2D eigenvalue weighted by Gasteiger charge is -2.16. The molecule has 0 aliphatic rings. The van der Waals surface area contributed by atoms with Gasteiger partial charge in [0.25, 0.3) is 5.69 Å². The van der Waals surface area contributed by atoms with E-state index >= 15 is 0 Å². The highest BCUT2D eigenvalue weighted by Crippen LogP contribution is 2.29. The number of nitro groups is 1. The molecule has 8 nitrogen and oxygen atoms in total. The highest BCUT2D eigenvalue weighted by molar-refractivity contribution is 9.10. The maximum Gasteiger partial charge on any atom is 0.331 e. The first-order valence-corrected chi connectivity index (χ1v) is 6.56. The number of rotatable bonds is 6. The van der Waals surface area contributed by atoms with Crippen LogP contribution in [0.4, 0.5) is 5.69 Å². The van der Waals surface area contributed by atoms with Gasteiger partial charge < -0.3 is 14.8 Å². The molecule has 1 aromatic rings. The summed E-state index contributed by atoms with van der Waals surface area (Å²) >= 11 is 3.18. The van der Waals surface area contributed by atoms with E-state index < -0.39 is 22.8 Å². The molecule has 1 unspecified atom stereocenters. The van der Waals surface area contributed by atoms with E-state index in [9.17, 15) is 19.7 Å². The van der Waals surface area contributed by atoms with Crippen LogP contribution in [0.15, 0.2) is 22.7 Å². The van der Waals surface area contributed by atoms with Crippen molar-refractivity contribution in [1.82, 2.24) is 5.32 Å². The molecule has 1 rings (SSSR count). The number of nitrogens with one attached hydrogen (secondary N) is 1. The molecular weight excluding hydrogens is 348 g/mol. The predicted molar refractivity (Wildman–Crippen MR) is 75.9 cm³/mol. The van der Waals surface area contributed by atoms with Gasteiger partial charge in [0.15, 0.2) is 6.04 Å². The minimum atomic E-state index is -1.00. The third-order valence-electron chi connectivity index (χ3n) is 2.39. The van der Waals surface area contributed by atoms with E-state index in [-0.39, 0.29) is 18.0 Å². The van der Waals surface area contributed by atoms with Gasteiger partial charge in [-0.25, -0.2) is 4.79 Å². The largest absolute Gasteiger partial charge is 0.489 e. The van der Waals surface area contributed by atoms with Crippen molar-refractivity contribution < 1.29 is 24.0 Å². The molecule has 0 bridgehead atoms. The second-order valence-electron chi connectivity index (χ2n) is 3.96. The Morgan fingerprint density at radius 1 is 1.48 bits per heavy atom. The topological polar surface area (TPSA) is 108 Å². The first kappa shape index (κ1) is 16.9. The SMILES string of the molecule is COC(=O)C(COc1cc([N+](=O)[O-])ccc1Br)NC(C)=O. The summed E-state index contributed by atoms with van der Waals surface area (Å²) in [6.45, 7) is 1.03. The summed E-state index contributed by atoms with van der Waals surface area (Å²) in [6, 6.07) is 2.98. The van der Waals surface area contributed by atoms with Gasteiger partial charge in [0, 0.05) is 13.0 Å². The average Bonchev–Trinajstić information content (AvgIpc) is 2.43. The molecule has 1 N–H and O–H groups in total. The summed E-state index contributed by atoms with van der Waals surface area (Å²) < 4.78 is 10.4. The zero-order valence-corrected chi connectivity index (χ0v) is 12.9. The molecule has 0 saturated heterocycles. The number of halogens is 1. The van der Waals surface area contributed by atoms with E-state index in [1.165, 1.54) is 32.2 Å². The molecular formula is C12H13BrN2O6. The fourth-order valence-electron chi connectivity index (χ4n) is 1.45. The molecule has 114 valence electrons. The van der Waals surface area contributed by atoms with Crippen LogP contribution in [0.5, 0.6) is 5.75 Å². The van der Waals surface area contributed by atoms with Crippen molar-refractivity contribution in [1.29, 1.82) is 0 Å². The van der Waals surface area contributed by atoms with Crippen LogP contribution in [0.25, 0.3) is 0 Å². The lowest BCUT2D eigenvalue weighted by Crippen LogP contribution is -2.44. The number of esters is 1. The molecule has 0 spiro atoms. The highest BCUT2D eigenvalue weighted by atomic mass is 79.9. The molecule has 9 heteroatoms. The highest BCUT2D eigenvalue weighted by Gasteiger charge is 2.22. The van der Waals surface area contributed by atoms with Gasteiger partial charge in [0.1, 0.15) is 12.4 Å². The van der Waals surface area contributed by atoms with Crippen LogP contribution in [0.3, 0.4) is 0 Å². The number of carbonyl (C=O) groups excluding carboxylic acids is 2. The van der Waals surface area contributed by atoms with Crippen molar-refractivity contribution >= 4 is 33.5 Å². The number of non-ortho nitro benzene ring substituents is 1. The molecule has 0 aliphatic carbocycles. The molecule has 1 amide bonds. The normalized spacial score (nSPS) is 11.4. The van der Waals surface area contributed by atoms with Crippen LogP contribution in [0.2, 0.25) is 0 Å². The number of carbonyl (C=O) groups is 2. The van der Waals surface area contributed by atoms with E-state index in [1.54, 1.807) is 0 Å². The minimum absolute atomic E-state index is 0.151. The van der Waals surface area contributed by atoms with Crippen molar-refractivity contribution in [3.8, 4) is 5.75 Å². The maximum absolute atomic E-state index is 11.5. The van der Waals surface area contributed by atoms with Crippen molar-refractivity contribution in [2.24, 2.45) is 0 Å². The number of hydrogen-bond acceptors (Lipinski definition) is 6. The van der Waals surface area contributed by atoms with Crippen molar-refractivity contribution in [3.05, 3.63) is 32.8 Å². The lowest BCUT2D eigenvalue weighted by molar-refractivity contribution is -0.385. The Kier molecular flexibility index (Phi) is 6.10. The van der Waals surface area contributed by atoms with Crippen LogP contribution >= 0.6 is 15.9 Å². The quantitative estimate of drug-likeness (QED) is 0.466. The number of ether oxygens (including phenoxy) is 2. The zero-order valence-electron chi connectivity index (χ0n) is 11.3. The van der Waals surface area contributed by atoms with E-state index in [4.69, 9.17) is 4.74 Å². The second kappa shape index (κ2) is 7.58. The Morgan fingerprint density at radius 2 is 2.14 bits per heavy atom. The number of hydrogen-bond donors (Lipinski definition) is 1. The van der Waals surface area contributed by atoms with E-state index in [0.717, 1.165) is 0 Å². The van der Waals surface area contributed by atoms with Gasteiger partial charge in [-0.05, 0) is 22.0 Å². The first-order chi connectivity index (χ1) is 9.85. The van der Waals surface area contributed by atoms with Gasteiger partial charge in [-0.15, -0.1) is 0 Å². The molecule has 1 aromatic carbocycles. The van der Waals surface area contributed by atoms with Crippen molar-refractivity contribution in [3.63, 3.8) is 0 Å². The Morgan fingerprint density at radius 3 is 2.67 bits per heavy atom. The molecule has 0 fully saturated rings. The number of nitrogens with zero attached hydrogens (tertiary/aromatic N) is 1. The molecule has 0 saturated carbocycles. The number of amides is 1. The number of methoxy groups -OCH3 is 1. The summed E-state index contributed by atoms with van der Waals surface area (Å²) in [7, 11) is 1.18. The van der Waals surface area contributed by atoms with Crippen LogP contribution < -0.4 is 10.1 Å². The molecule has 0 aliphatic heterocycles. The van der Waals surface area contributed by atoms with Gasteiger partial charge >= 0.3 is 5.97 Å². The average molecular weight is 361 g/mol. The minimum Gasteiger partial charge on any atom is -0.489 e. The van der Waals surface area contributed by atoms with Gasteiger partial charge in [0.05, 0.1) is 22.6 Å². The third-order valence-corrected chi connectivity index (χ3v) is 3.05. The maximum atomic E-state index is 11.5. The standard InChI is InChI=1S/C12H13BrN2O6/c1-7(16)14-10(12(17)20-2)6-21-11-5-8(15(18)19)3-4-9(11)13/h3-5,10H,6H2,1-2H3,(H,14,16). The fraction of sp³-hybridized carbons (Fsp3) is 0.333. The second-order valence-corrected chi connectivity index (χ2v) is 4.81. The summed E-state index contributed by atoms with van der Waals surface area (Å²) in [5.74, 6) is -0.915. The molecule has 21 heavy (non-hydrogen) atoms. The summed E-state index contributed by atoms with van der Waals surface area (Å²) in [5.41, 5.74) is -0.151. The summed E-state index contributed by atoms with van der Waals surface area (Å²) in [6.07, 6.45) is 0. The van der Waals surface area contributed by atoms with Gasteiger partial charge in [-0.1, -0.05) is 0 Å². The monoisotopic (exact) mass is 360 g/mol. The Labute approximate surface area is 128 Å². The Hall–Kier alpha value is -2.16. The fourth-order valence-corrected chi connectivity index (χ4v) is 1.81. The first-order valence-electron chi connectivity index (χ1n) is 5.76. The molecule has 0 aromatic heterocycles. The van der Waals surface area contributed by atoms with E-state index in [0.29, 0.717) is 4.47 Å². The van der Waals surface area contributed by atoms with Gasteiger partial charge in [-0.2, -0.15) is 0 Å². The predicted octanol–water partition coefficient (Wildman–Crippen LogP) is 1.41. The van der Waals surface area contributed by atoms with E-state index in [1.807, 2.05) is 0 Å². The summed E-state index contributed by atoms with van der Waals surface area (Å²) in [4.78, 5) is 32.7. The smallest absolute Gasteiger partial charge is 0.331 e. The van der Waals surface area contributed by atoms with Crippen LogP contribution in [-0.4, -0.2) is 36.6 Å². The number of benzene rings is 1. The molecule has 0 heterocycles. The van der Waals surface area contributed by atoms with E-state index in [2.05, 4.69) is 26.0 Å². The number of nitro benzene ring substituents is 1. The zero-order chi connectivity index (χ0) is 16.0. The van der Waals surface area contributed by atoms with Crippen LogP contribution in [0, 0.1) is 10.1 Å². The van der Waals surface area contributed by atoms with Crippen molar-refractivity contribution in [2.75, 3.05) is 13.7 Å².